The van der Waals surface area contributed by atoms with E-state index >= 15 is 0 Å². The van der Waals surface area contributed by atoms with E-state index in [1.165, 1.54) is 108 Å². The molecule has 8 heteroatoms. The van der Waals surface area contributed by atoms with Crippen molar-refractivity contribution < 1.29 is 24.4 Å². The summed E-state index contributed by atoms with van der Waals surface area (Å²) in [6.45, 7) is 0. The van der Waals surface area contributed by atoms with Crippen molar-refractivity contribution in [2.24, 2.45) is 85.0 Å². The van der Waals surface area contributed by atoms with Gasteiger partial charge in [-0.1, -0.05) is 49.5 Å². The molecule has 0 aromatic rings. The van der Waals surface area contributed by atoms with Gasteiger partial charge in [0.05, 0.1) is 17.5 Å². The molecule has 10 fully saturated rings. The first-order valence-corrected chi connectivity index (χ1v) is 22.2. The molecule has 8 nitrogen and oxygen atoms in total. The lowest BCUT2D eigenvalue weighted by atomic mass is 9.69. The van der Waals surface area contributed by atoms with E-state index in [2.05, 4.69) is 34.6 Å². The fourth-order valence-electron chi connectivity index (χ4n) is 15.8. The van der Waals surface area contributed by atoms with E-state index in [9.17, 15) is 14.7 Å². The van der Waals surface area contributed by atoms with Gasteiger partial charge in [0.15, 0.2) is 0 Å². The molecular weight excluding hydrogens is 699 g/mol. The van der Waals surface area contributed by atoms with E-state index < -0.39 is 0 Å². The summed E-state index contributed by atoms with van der Waals surface area (Å²) in [6, 6.07) is 0.406. The van der Waals surface area contributed by atoms with Crippen molar-refractivity contribution in [2.45, 2.75) is 168 Å². The van der Waals surface area contributed by atoms with Crippen LogP contribution in [0.25, 0.3) is 0 Å². The molecule has 3 unspecified atom stereocenters. The Kier molecular flexibility index (Phi) is 12.0. The molecule has 0 amide bonds. The number of aliphatic hydroxyl groups is 1. The summed E-state index contributed by atoms with van der Waals surface area (Å²) in [4.78, 5) is 33.5. The van der Waals surface area contributed by atoms with Gasteiger partial charge >= 0.3 is 0 Å². The van der Waals surface area contributed by atoms with Crippen molar-refractivity contribution in [1.29, 1.82) is 0 Å². The first kappa shape index (κ1) is 41.8. The predicted molar refractivity (Wildman–Crippen MR) is 224 cm³/mol. The van der Waals surface area contributed by atoms with E-state index in [-0.39, 0.29) is 31.8 Å². The van der Waals surface area contributed by atoms with Crippen LogP contribution in [0, 0.1) is 69.0 Å². The number of rotatable bonds is 2. The second kappa shape index (κ2) is 16.0. The van der Waals surface area contributed by atoms with Crippen LogP contribution < -0.4 is 5.73 Å². The van der Waals surface area contributed by atoms with Gasteiger partial charge in [0.25, 0.3) is 0 Å². The maximum absolute atomic E-state index is 12.0. The zero-order valence-corrected chi connectivity index (χ0v) is 33.2. The van der Waals surface area contributed by atoms with Crippen LogP contribution in [-0.2, 0) is 19.3 Å². The highest BCUT2D eigenvalue weighted by atomic mass is 16.6. The minimum Gasteiger partial charge on any atom is -0.399 e. The SMILES string of the molecule is C.C.CO/N=C1/[C@@H]2CC[C@@H](C2)C12CC=CC2.CO/N=C1/[C@@H]2CC[C@@H](C2)C12CCC(=O)C2.N[C@@H]1[C@@H]2CC[C@@H](C2)C12CCC(O)C2.O=C1[C@@H]2CC[C@@H](C2)C12CC=CC2. The summed E-state index contributed by atoms with van der Waals surface area (Å²) in [7, 11) is 3.29. The molecule has 4 spiro atoms. The van der Waals surface area contributed by atoms with Crippen molar-refractivity contribution in [3.05, 3.63) is 24.3 Å². The van der Waals surface area contributed by atoms with E-state index in [0.29, 0.717) is 46.2 Å². The number of fused-ring (bicyclic) bond motifs is 12. The normalized spacial score (nSPS) is 45.1. The number of hydrogen-bond acceptors (Lipinski definition) is 8. The Morgan fingerprint density at radius 1 is 0.643 bits per heavy atom. The van der Waals surface area contributed by atoms with Crippen molar-refractivity contribution >= 4 is 23.0 Å². The number of carbonyl (C=O) groups is 2. The molecule has 0 aromatic carbocycles. The van der Waals surface area contributed by atoms with Crippen molar-refractivity contribution in [1.82, 2.24) is 0 Å². The second-order valence-electron chi connectivity index (χ2n) is 20.2. The van der Waals surface area contributed by atoms with Gasteiger partial charge in [0.2, 0.25) is 0 Å². The van der Waals surface area contributed by atoms with Crippen LogP contribution in [0.1, 0.15) is 156 Å². The molecule has 0 saturated heterocycles. The fraction of sp³-hybridized carbons (Fsp3) is 0.833. The maximum atomic E-state index is 12.0. The average Bonchev–Trinajstić information content (AvgIpc) is 4.01. The zero-order chi connectivity index (χ0) is 37.3. The van der Waals surface area contributed by atoms with Gasteiger partial charge in [-0.2, -0.15) is 0 Å². The summed E-state index contributed by atoms with van der Waals surface area (Å²) >= 11 is 0. The summed E-state index contributed by atoms with van der Waals surface area (Å²) < 4.78 is 0. The third-order valence-electron chi connectivity index (χ3n) is 18.3. The molecule has 0 aliphatic heterocycles. The number of carbonyl (C=O) groups excluding carboxylic acids is 2. The summed E-state index contributed by atoms with van der Waals surface area (Å²) in [5, 5.41) is 18.2. The summed E-state index contributed by atoms with van der Waals surface area (Å²) in [5.74, 6) is 6.80. The number of aliphatic hydroxyl groups excluding tert-OH is 1. The van der Waals surface area contributed by atoms with Gasteiger partial charge < -0.3 is 20.5 Å². The maximum Gasteiger partial charge on any atom is 0.143 e. The number of nitrogens with zero attached hydrogens (tertiary/aromatic N) is 2. The summed E-state index contributed by atoms with van der Waals surface area (Å²) in [5.41, 5.74) is 9.89. The molecule has 12 aliphatic carbocycles. The quantitative estimate of drug-likeness (QED) is 0.213. The van der Waals surface area contributed by atoms with Crippen LogP contribution in [0.4, 0.5) is 0 Å². The molecule has 10 saturated carbocycles. The van der Waals surface area contributed by atoms with E-state index in [1.54, 1.807) is 14.2 Å². The van der Waals surface area contributed by atoms with Gasteiger partial charge in [-0.05, 0) is 163 Å². The first-order chi connectivity index (χ1) is 26.2. The lowest BCUT2D eigenvalue weighted by molar-refractivity contribution is -0.131. The molecule has 8 bridgehead atoms. The fourth-order valence-corrected chi connectivity index (χ4v) is 15.8. The van der Waals surface area contributed by atoms with E-state index in [4.69, 9.17) is 15.4 Å². The summed E-state index contributed by atoms with van der Waals surface area (Å²) in [6.07, 6.45) is 34.9. The standard InChI is InChI=1S/C12H17NO2.C12H17NO.C11H19NO.C11H14O.2CH4/c1-15-13-11-8-2-3-9(6-8)12(11)5-4-10(14)7-12;1-14-13-11-9-4-5-10(8-9)12(11)6-2-3-7-12;12-10-7-1-2-8(5-7)11(10)4-3-9(13)6-11;12-10-8-3-4-9(7-8)11(10)5-1-2-6-11;;/h8-9H,2-7H2,1H3;2-3,9-10H,4-8H2,1H3;7-10,13H,1-6,12H2;1-2,8-9H,3-7H2;2*1H4/b2*13-11-;;;;/t8-,9+,12?;9-,10+;7-,8+,9?,10-,11?;8-,9+;;/m1111../s1. The Hall–Kier alpha value is -2.32. The van der Waals surface area contributed by atoms with E-state index in [1.807, 2.05) is 0 Å². The second-order valence-corrected chi connectivity index (χ2v) is 20.2. The molecule has 312 valence electrons. The van der Waals surface area contributed by atoms with Gasteiger partial charge in [-0.15, -0.1) is 0 Å². The third kappa shape index (κ3) is 6.43. The molecule has 56 heavy (non-hydrogen) atoms. The van der Waals surface area contributed by atoms with Crippen LogP contribution in [0.2, 0.25) is 0 Å². The van der Waals surface area contributed by atoms with Crippen molar-refractivity contribution in [2.75, 3.05) is 14.2 Å². The van der Waals surface area contributed by atoms with Crippen LogP contribution in [0.3, 0.4) is 0 Å². The number of oxime groups is 2. The highest BCUT2D eigenvalue weighted by Gasteiger charge is 2.61. The lowest BCUT2D eigenvalue weighted by Crippen LogP contribution is -2.45. The Labute approximate surface area is 338 Å². The Morgan fingerprint density at radius 2 is 1.16 bits per heavy atom. The monoisotopic (exact) mass is 774 g/mol. The molecule has 0 heterocycles. The minimum absolute atomic E-state index is 0. The largest absolute Gasteiger partial charge is 0.399 e. The zero-order valence-electron chi connectivity index (χ0n) is 33.2. The predicted octanol–water partition coefficient (Wildman–Crippen LogP) is 9.78. The molecular formula is C48H75N3O5. The Balaban J connectivity index is 0.000000113. The average molecular weight is 774 g/mol. The smallest absolute Gasteiger partial charge is 0.143 e. The van der Waals surface area contributed by atoms with Crippen molar-refractivity contribution in [3.8, 4) is 0 Å². The molecule has 3 N–H and O–H groups in total. The lowest BCUT2D eigenvalue weighted by Gasteiger charge is -2.39. The highest BCUT2D eigenvalue weighted by molar-refractivity contribution is 6.01. The van der Waals surface area contributed by atoms with E-state index in [0.717, 1.165) is 74.5 Å². The number of Topliss-reactive ketones (excluding diaryl/α,β-unsaturated/α-hetero) is 2. The van der Waals surface area contributed by atoms with Crippen molar-refractivity contribution in [3.63, 3.8) is 0 Å². The van der Waals surface area contributed by atoms with Gasteiger partial charge in [0, 0.05) is 52.9 Å². The number of ketones is 2. The minimum atomic E-state index is -0.0506. The molecule has 0 aromatic heterocycles. The van der Waals surface area contributed by atoms with Crippen LogP contribution >= 0.6 is 0 Å². The Morgan fingerprint density at radius 3 is 1.64 bits per heavy atom. The molecule has 12 aliphatic rings. The number of nitrogens with two attached hydrogens (primary N) is 1. The molecule has 0 radical (unpaired) electrons. The highest BCUT2D eigenvalue weighted by Crippen LogP contribution is 2.63. The van der Waals surface area contributed by atoms with Gasteiger partial charge in [-0.3, -0.25) is 9.59 Å². The third-order valence-corrected chi connectivity index (χ3v) is 18.3. The van der Waals surface area contributed by atoms with Gasteiger partial charge in [0.1, 0.15) is 25.8 Å². The topological polar surface area (TPSA) is 124 Å². The first-order valence-electron chi connectivity index (χ1n) is 22.2. The number of allylic oxidation sites excluding steroid dienone is 4. The molecule has 12 rings (SSSR count). The van der Waals surface area contributed by atoms with Crippen LogP contribution in [0.5, 0.6) is 0 Å². The van der Waals surface area contributed by atoms with Gasteiger partial charge in [-0.25, -0.2) is 0 Å². The van der Waals surface area contributed by atoms with Crippen LogP contribution in [-0.4, -0.2) is 54.5 Å². The number of hydrogen-bond donors (Lipinski definition) is 2. The Bertz CT molecular complexity index is 1580. The van der Waals surface area contributed by atoms with Crippen LogP contribution in [0.15, 0.2) is 34.6 Å². The molecule has 12 atom stereocenters.